The molecular formula is C16H21NO2. The van der Waals surface area contributed by atoms with Crippen molar-refractivity contribution in [1.29, 1.82) is 0 Å². The van der Waals surface area contributed by atoms with Crippen LogP contribution in [0.2, 0.25) is 0 Å². The summed E-state index contributed by atoms with van der Waals surface area (Å²) in [6.45, 7) is 7.51. The van der Waals surface area contributed by atoms with E-state index in [0.29, 0.717) is 25.9 Å². The van der Waals surface area contributed by atoms with Crippen LogP contribution in [-0.2, 0) is 10.2 Å². The molecule has 0 bridgehead atoms. The fraction of sp³-hybridized carbons (Fsp3) is 0.500. The van der Waals surface area contributed by atoms with E-state index in [1.54, 1.807) is 4.90 Å². The van der Waals surface area contributed by atoms with Gasteiger partial charge in [0, 0.05) is 31.5 Å². The van der Waals surface area contributed by atoms with Crippen LogP contribution in [0.3, 0.4) is 0 Å². The van der Waals surface area contributed by atoms with E-state index in [0.717, 1.165) is 11.1 Å². The average molecular weight is 259 g/mol. The molecule has 1 saturated heterocycles. The zero-order chi connectivity index (χ0) is 14.0. The molecule has 1 amide bonds. The number of rotatable bonds is 1. The van der Waals surface area contributed by atoms with Gasteiger partial charge in [0.2, 0.25) is 0 Å². The second-order valence-corrected chi connectivity index (χ2v) is 6.16. The van der Waals surface area contributed by atoms with E-state index >= 15 is 0 Å². The molecule has 0 radical (unpaired) electrons. The highest BCUT2D eigenvalue weighted by molar-refractivity contribution is 5.95. The molecule has 0 aliphatic carbocycles. The fourth-order valence-electron chi connectivity index (χ4n) is 2.26. The first-order valence-corrected chi connectivity index (χ1v) is 6.79. The van der Waals surface area contributed by atoms with Gasteiger partial charge in [-0.15, -0.1) is 0 Å². The van der Waals surface area contributed by atoms with Crippen LogP contribution in [0.1, 0.15) is 49.5 Å². The van der Waals surface area contributed by atoms with Gasteiger partial charge >= 0.3 is 0 Å². The Morgan fingerprint density at radius 1 is 1.16 bits per heavy atom. The van der Waals surface area contributed by atoms with Crippen LogP contribution in [0.25, 0.3) is 0 Å². The average Bonchev–Trinajstić information content (AvgIpc) is 2.38. The van der Waals surface area contributed by atoms with E-state index in [1.165, 1.54) is 0 Å². The Kier molecular flexibility index (Phi) is 3.74. The number of nitrogens with zero attached hydrogens (tertiary/aromatic N) is 1. The van der Waals surface area contributed by atoms with E-state index < -0.39 is 0 Å². The predicted molar refractivity (Wildman–Crippen MR) is 75.3 cm³/mol. The van der Waals surface area contributed by atoms with Gasteiger partial charge < -0.3 is 4.90 Å². The summed E-state index contributed by atoms with van der Waals surface area (Å²) in [7, 11) is 0. The van der Waals surface area contributed by atoms with Gasteiger partial charge in [0.25, 0.3) is 5.91 Å². The van der Waals surface area contributed by atoms with Crippen molar-refractivity contribution in [3.63, 3.8) is 0 Å². The Morgan fingerprint density at radius 3 is 2.37 bits per heavy atom. The minimum atomic E-state index is 0.0359. The van der Waals surface area contributed by atoms with E-state index in [9.17, 15) is 9.59 Å². The van der Waals surface area contributed by atoms with Gasteiger partial charge in [0.15, 0.2) is 0 Å². The summed E-state index contributed by atoms with van der Waals surface area (Å²) in [5.41, 5.74) is 1.92. The Labute approximate surface area is 114 Å². The first-order valence-electron chi connectivity index (χ1n) is 6.79. The maximum Gasteiger partial charge on any atom is 0.253 e. The van der Waals surface area contributed by atoms with Gasteiger partial charge in [-0.2, -0.15) is 0 Å². The summed E-state index contributed by atoms with van der Waals surface area (Å²) in [6.07, 6.45) is 0.982. The lowest BCUT2D eigenvalue weighted by molar-refractivity contribution is -0.120. The predicted octanol–water partition coefficient (Wildman–Crippen LogP) is 2.79. The van der Waals surface area contributed by atoms with Crippen LogP contribution < -0.4 is 0 Å². The van der Waals surface area contributed by atoms with Crippen LogP contribution in [0.15, 0.2) is 24.3 Å². The SMILES string of the molecule is CC(C)(C)c1cccc(C(=O)N2CCC(=O)CC2)c1. The molecule has 1 heterocycles. The topological polar surface area (TPSA) is 37.4 Å². The third kappa shape index (κ3) is 3.22. The molecule has 102 valence electrons. The smallest absolute Gasteiger partial charge is 0.253 e. The lowest BCUT2D eigenvalue weighted by Gasteiger charge is -2.27. The third-order valence-corrected chi connectivity index (χ3v) is 3.58. The van der Waals surface area contributed by atoms with Crippen LogP contribution >= 0.6 is 0 Å². The second-order valence-electron chi connectivity index (χ2n) is 6.16. The van der Waals surface area contributed by atoms with Gasteiger partial charge in [0.1, 0.15) is 5.78 Å². The minimum absolute atomic E-state index is 0.0359. The molecule has 3 heteroatoms. The molecule has 2 rings (SSSR count). The van der Waals surface area contributed by atoms with E-state index in [2.05, 4.69) is 26.8 Å². The zero-order valence-electron chi connectivity index (χ0n) is 11.9. The highest BCUT2D eigenvalue weighted by Crippen LogP contribution is 2.23. The van der Waals surface area contributed by atoms with Gasteiger partial charge in [-0.05, 0) is 23.1 Å². The molecule has 1 aliphatic rings. The van der Waals surface area contributed by atoms with Crippen LogP contribution in [0, 0.1) is 0 Å². The fourth-order valence-corrected chi connectivity index (χ4v) is 2.26. The molecule has 0 saturated carbocycles. The van der Waals surface area contributed by atoms with Crippen molar-refractivity contribution in [2.24, 2.45) is 0 Å². The number of hydrogen-bond donors (Lipinski definition) is 0. The molecule has 0 spiro atoms. The molecule has 3 nitrogen and oxygen atoms in total. The quantitative estimate of drug-likeness (QED) is 0.777. The maximum absolute atomic E-state index is 12.4. The summed E-state index contributed by atoms with van der Waals surface area (Å²) in [5, 5.41) is 0. The zero-order valence-corrected chi connectivity index (χ0v) is 11.9. The van der Waals surface area contributed by atoms with Gasteiger partial charge in [0.05, 0.1) is 0 Å². The molecule has 0 unspecified atom stereocenters. The van der Waals surface area contributed by atoms with Crippen molar-refractivity contribution >= 4 is 11.7 Å². The Hall–Kier alpha value is -1.64. The Bertz CT molecular complexity index is 490. The monoisotopic (exact) mass is 259 g/mol. The van der Waals surface area contributed by atoms with Crippen molar-refractivity contribution in [1.82, 2.24) is 4.90 Å². The standard InChI is InChI=1S/C16H21NO2/c1-16(2,3)13-6-4-5-12(11-13)15(19)17-9-7-14(18)8-10-17/h4-6,11H,7-10H2,1-3H3. The number of benzene rings is 1. The second kappa shape index (κ2) is 5.16. The maximum atomic E-state index is 12.4. The molecule has 0 atom stereocenters. The lowest BCUT2D eigenvalue weighted by Crippen LogP contribution is -2.38. The number of Topliss-reactive ketones (excluding diaryl/α,β-unsaturated/α-hetero) is 1. The summed E-state index contributed by atoms with van der Waals surface area (Å²) < 4.78 is 0. The molecule has 1 fully saturated rings. The molecule has 1 aromatic carbocycles. The van der Waals surface area contributed by atoms with Gasteiger partial charge in [-0.25, -0.2) is 0 Å². The Balaban J connectivity index is 2.18. The minimum Gasteiger partial charge on any atom is -0.338 e. The highest BCUT2D eigenvalue weighted by atomic mass is 16.2. The van der Waals surface area contributed by atoms with Crippen molar-refractivity contribution < 1.29 is 9.59 Å². The number of carbonyl (C=O) groups excluding carboxylic acids is 2. The number of hydrogen-bond acceptors (Lipinski definition) is 2. The first-order chi connectivity index (χ1) is 8.88. The molecule has 0 aromatic heterocycles. The normalized spacial score (nSPS) is 16.6. The van der Waals surface area contributed by atoms with Crippen LogP contribution in [-0.4, -0.2) is 29.7 Å². The van der Waals surface area contributed by atoms with E-state index in [1.807, 2.05) is 18.2 Å². The van der Waals surface area contributed by atoms with Gasteiger partial charge in [-0.1, -0.05) is 32.9 Å². The van der Waals surface area contributed by atoms with E-state index in [-0.39, 0.29) is 17.1 Å². The summed E-state index contributed by atoms with van der Waals surface area (Å²) in [5.74, 6) is 0.297. The largest absolute Gasteiger partial charge is 0.338 e. The van der Waals surface area contributed by atoms with Crippen molar-refractivity contribution in [2.75, 3.05) is 13.1 Å². The summed E-state index contributed by atoms with van der Waals surface area (Å²) >= 11 is 0. The van der Waals surface area contributed by atoms with Crippen molar-refractivity contribution in [3.8, 4) is 0 Å². The summed E-state index contributed by atoms with van der Waals surface area (Å²) in [4.78, 5) is 25.4. The van der Waals surface area contributed by atoms with Crippen molar-refractivity contribution in [2.45, 2.75) is 39.0 Å². The summed E-state index contributed by atoms with van der Waals surface area (Å²) in [6, 6.07) is 7.81. The first kappa shape index (κ1) is 13.8. The highest BCUT2D eigenvalue weighted by Gasteiger charge is 2.23. The van der Waals surface area contributed by atoms with E-state index in [4.69, 9.17) is 0 Å². The molecular weight excluding hydrogens is 238 g/mol. The number of piperidine rings is 1. The van der Waals surface area contributed by atoms with Crippen LogP contribution in [0.4, 0.5) is 0 Å². The third-order valence-electron chi connectivity index (χ3n) is 3.58. The molecule has 19 heavy (non-hydrogen) atoms. The molecule has 0 N–H and O–H groups in total. The lowest BCUT2D eigenvalue weighted by atomic mass is 9.86. The van der Waals surface area contributed by atoms with Gasteiger partial charge in [-0.3, -0.25) is 9.59 Å². The number of likely N-dealkylation sites (tertiary alicyclic amines) is 1. The number of ketones is 1. The Morgan fingerprint density at radius 2 is 1.79 bits per heavy atom. The molecule has 1 aliphatic heterocycles. The molecule has 1 aromatic rings. The number of carbonyl (C=O) groups is 2. The van der Waals surface area contributed by atoms with Crippen molar-refractivity contribution in [3.05, 3.63) is 35.4 Å². The number of amides is 1. The van der Waals surface area contributed by atoms with Crippen LogP contribution in [0.5, 0.6) is 0 Å².